The maximum atomic E-state index is 14.2. The lowest BCUT2D eigenvalue weighted by atomic mass is 10.0. The summed E-state index contributed by atoms with van der Waals surface area (Å²) < 4.78 is 8.11. The molecule has 5 heterocycles. The van der Waals surface area contributed by atoms with E-state index in [0.717, 1.165) is 27.6 Å². The van der Waals surface area contributed by atoms with E-state index in [-0.39, 0.29) is 24.5 Å². The Hall–Kier alpha value is -4.76. The first-order chi connectivity index (χ1) is 21.3. The quantitative estimate of drug-likeness (QED) is 0.243. The van der Waals surface area contributed by atoms with E-state index in [9.17, 15) is 9.59 Å². The molecule has 1 saturated heterocycles. The second kappa shape index (κ2) is 10.7. The molecule has 10 heteroatoms. The number of anilines is 1. The molecule has 7 rings (SSSR count). The average Bonchev–Trinajstić information content (AvgIpc) is 3.19. The molecule has 2 aromatic carbocycles. The molecule has 0 spiro atoms. The molecule has 9 nitrogen and oxygen atoms in total. The van der Waals surface area contributed by atoms with Gasteiger partial charge in [-0.25, -0.2) is 14.3 Å². The summed E-state index contributed by atoms with van der Waals surface area (Å²) in [5.74, 6) is 0.754. The Labute approximate surface area is 259 Å². The van der Waals surface area contributed by atoms with Crippen LogP contribution in [0.5, 0.6) is 5.75 Å². The number of ether oxygens (including phenoxy) is 1. The third-order valence-corrected chi connectivity index (χ3v) is 8.89. The van der Waals surface area contributed by atoms with Crippen LogP contribution in [0.4, 0.5) is 5.82 Å². The molecule has 1 unspecified atom stereocenters. The van der Waals surface area contributed by atoms with Gasteiger partial charge in [0.1, 0.15) is 22.8 Å². The van der Waals surface area contributed by atoms with Crippen molar-refractivity contribution in [2.24, 2.45) is 0 Å². The molecule has 44 heavy (non-hydrogen) atoms. The van der Waals surface area contributed by atoms with Crippen molar-refractivity contribution in [3.8, 4) is 22.7 Å². The first-order valence-corrected chi connectivity index (χ1v) is 15.1. The Kier molecular flexibility index (Phi) is 6.85. The summed E-state index contributed by atoms with van der Waals surface area (Å²) >= 11 is 7.24. The third-order valence-electron chi connectivity index (χ3n) is 8.53. The summed E-state index contributed by atoms with van der Waals surface area (Å²) in [7, 11) is 0. The predicted octanol–water partition coefficient (Wildman–Crippen LogP) is 5.68. The van der Waals surface area contributed by atoms with Gasteiger partial charge < -0.3 is 14.5 Å². The Morgan fingerprint density at radius 2 is 1.91 bits per heavy atom. The van der Waals surface area contributed by atoms with E-state index in [4.69, 9.17) is 21.3 Å². The number of carbonyl (C=O) groups excluding carboxylic acids is 1. The van der Waals surface area contributed by atoms with Crippen LogP contribution in [0, 0.1) is 6.92 Å². The molecule has 3 aromatic heterocycles. The maximum Gasteiger partial charge on any atom is 0.355 e. The number of pyridine rings is 2. The number of nitrogens with zero attached hydrogens (tertiary/aromatic N) is 6. The van der Waals surface area contributed by atoms with Gasteiger partial charge in [0.05, 0.1) is 23.1 Å². The Morgan fingerprint density at radius 3 is 2.70 bits per heavy atom. The number of benzene rings is 2. The number of carbonyl (C=O) groups is 1. The second-order valence-electron chi connectivity index (χ2n) is 11.5. The van der Waals surface area contributed by atoms with Crippen LogP contribution in [-0.4, -0.2) is 62.6 Å². The molecule has 0 aliphatic carbocycles. The summed E-state index contributed by atoms with van der Waals surface area (Å²) in [6, 6.07) is 15.7. The number of rotatable bonds is 4. The van der Waals surface area contributed by atoms with Gasteiger partial charge in [-0.15, -0.1) is 0 Å². The predicted molar refractivity (Wildman–Crippen MR) is 173 cm³/mol. The van der Waals surface area contributed by atoms with E-state index >= 15 is 0 Å². The van der Waals surface area contributed by atoms with Crippen molar-refractivity contribution in [3.05, 3.63) is 94.1 Å². The number of aryl methyl sites for hydroxylation is 1. The molecule has 1 amide bonds. The SMILES string of the molecule is C=CC(=O)N1CCN2c3nc(=O)n(-c4c(C)ccnc4C(C)C)c4nc(-c5cccc6ccccc56)c(Cl)c(c34)OCC2C1. The van der Waals surface area contributed by atoms with Crippen molar-refractivity contribution < 1.29 is 9.53 Å². The zero-order valence-electron chi connectivity index (χ0n) is 24.7. The van der Waals surface area contributed by atoms with Gasteiger partial charge in [0.15, 0.2) is 11.4 Å². The number of piperazine rings is 1. The number of amides is 1. The van der Waals surface area contributed by atoms with E-state index in [1.54, 1.807) is 15.7 Å². The van der Waals surface area contributed by atoms with Crippen LogP contribution in [0.3, 0.4) is 0 Å². The van der Waals surface area contributed by atoms with Crippen LogP contribution < -0.4 is 15.3 Å². The van der Waals surface area contributed by atoms with Gasteiger partial charge >= 0.3 is 5.69 Å². The Balaban J connectivity index is 1.57. The molecule has 2 aliphatic heterocycles. The van der Waals surface area contributed by atoms with Crippen molar-refractivity contribution in [2.45, 2.75) is 32.7 Å². The van der Waals surface area contributed by atoms with Gasteiger partial charge in [-0.3, -0.25) is 9.78 Å². The number of aromatic nitrogens is 4. The van der Waals surface area contributed by atoms with E-state index in [1.165, 1.54) is 6.08 Å². The zero-order chi connectivity index (χ0) is 30.7. The van der Waals surface area contributed by atoms with Gasteiger partial charge in [0, 0.05) is 31.4 Å². The van der Waals surface area contributed by atoms with Crippen LogP contribution in [0.1, 0.15) is 31.0 Å². The lowest BCUT2D eigenvalue weighted by Crippen LogP contribution is -2.56. The minimum atomic E-state index is -0.472. The minimum Gasteiger partial charge on any atom is -0.489 e. The molecule has 0 N–H and O–H groups in total. The molecule has 5 aromatic rings. The molecule has 0 bridgehead atoms. The normalized spacial score (nSPS) is 16.2. The second-order valence-corrected chi connectivity index (χ2v) is 11.9. The Bertz CT molecular complexity index is 2050. The first kappa shape index (κ1) is 28.0. The van der Waals surface area contributed by atoms with Crippen molar-refractivity contribution in [2.75, 3.05) is 31.1 Å². The van der Waals surface area contributed by atoms with Crippen LogP contribution >= 0.6 is 11.6 Å². The van der Waals surface area contributed by atoms with E-state index in [2.05, 4.69) is 16.5 Å². The highest BCUT2D eigenvalue weighted by Crippen LogP contribution is 2.46. The minimum absolute atomic E-state index is 0.0302. The van der Waals surface area contributed by atoms with Crippen LogP contribution in [-0.2, 0) is 4.79 Å². The summed E-state index contributed by atoms with van der Waals surface area (Å²) in [4.78, 5) is 45.1. The fourth-order valence-electron chi connectivity index (χ4n) is 6.41. The molecular weight excluding hydrogens is 576 g/mol. The molecule has 2 aliphatic rings. The van der Waals surface area contributed by atoms with Gasteiger partial charge in [0.25, 0.3) is 0 Å². The fourth-order valence-corrected chi connectivity index (χ4v) is 6.70. The van der Waals surface area contributed by atoms with Crippen LogP contribution in [0.15, 0.2) is 72.2 Å². The number of halogens is 1. The topological polar surface area (TPSA) is 93.5 Å². The van der Waals surface area contributed by atoms with Crippen molar-refractivity contribution in [3.63, 3.8) is 0 Å². The molecule has 1 fully saturated rings. The highest BCUT2D eigenvalue weighted by molar-refractivity contribution is 6.36. The van der Waals surface area contributed by atoms with Gasteiger partial charge in [0.2, 0.25) is 5.91 Å². The number of hydrogen-bond acceptors (Lipinski definition) is 7. The summed E-state index contributed by atoms with van der Waals surface area (Å²) in [6.45, 7) is 11.2. The van der Waals surface area contributed by atoms with Gasteiger partial charge in [-0.05, 0) is 41.3 Å². The van der Waals surface area contributed by atoms with Gasteiger partial charge in [-0.2, -0.15) is 4.98 Å². The zero-order valence-corrected chi connectivity index (χ0v) is 25.5. The number of fused-ring (bicyclic) bond motifs is 3. The molecule has 0 saturated carbocycles. The van der Waals surface area contributed by atoms with Crippen molar-refractivity contribution >= 4 is 45.1 Å². The van der Waals surface area contributed by atoms with Crippen molar-refractivity contribution in [1.82, 2.24) is 24.4 Å². The lowest BCUT2D eigenvalue weighted by molar-refractivity contribution is -0.126. The smallest absolute Gasteiger partial charge is 0.355 e. The van der Waals surface area contributed by atoms with Gasteiger partial charge in [-0.1, -0.05) is 74.5 Å². The highest BCUT2D eigenvalue weighted by atomic mass is 35.5. The maximum absolute atomic E-state index is 14.2. The fraction of sp³-hybridized carbons (Fsp3) is 0.265. The molecular formula is C34H31ClN6O3. The number of hydrogen-bond donors (Lipinski definition) is 0. The highest BCUT2D eigenvalue weighted by Gasteiger charge is 2.37. The summed E-state index contributed by atoms with van der Waals surface area (Å²) in [6.07, 6.45) is 3.08. The monoisotopic (exact) mass is 606 g/mol. The van der Waals surface area contributed by atoms with E-state index < -0.39 is 5.69 Å². The average molecular weight is 607 g/mol. The lowest BCUT2D eigenvalue weighted by Gasteiger charge is -2.40. The van der Waals surface area contributed by atoms with E-state index in [1.807, 2.05) is 74.2 Å². The summed E-state index contributed by atoms with van der Waals surface area (Å²) in [5.41, 5.74) is 3.54. The van der Waals surface area contributed by atoms with E-state index in [0.29, 0.717) is 58.6 Å². The Morgan fingerprint density at radius 1 is 1.11 bits per heavy atom. The van der Waals surface area contributed by atoms with Crippen LogP contribution in [0.25, 0.3) is 38.8 Å². The van der Waals surface area contributed by atoms with Crippen LogP contribution in [0.2, 0.25) is 5.02 Å². The third kappa shape index (κ3) is 4.33. The molecule has 222 valence electrons. The molecule has 0 radical (unpaired) electrons. The largest absolute Gasteiger partial charge is 0.489 e. The molecule has 1 atom stereocenters. The van der Waals surface area contributed by atoms with Crippen molar-refractivity contribution in [1.29, 1.82) is 0 Å². The summed E-state index contributed by atoms with van der Waals surface area (Å²) in [5, 5.41) is 2.91. The first-order valence-electron chi connectivity index (χ1n) is 14.7. The standard InChI is InChI=1S/C34H31ClN6O3/c1-5-25(42)39-15-16-40-22(17-39)18-44-31-26-32(40)38-34(43)41(30-20(4)13-14-36-28(30)19(2)3)33(26)37-29(27(31)35)24-12-8-10-21-9-6-7-11-23(21)24/h5-14,19,22H,1,15-18H2,2-4H3.